The molecule has 30 rings (SSSR count). The minimum absolute atomic E-state index is 0.172. The van der Waals surface area contributed by atoms with Crippen molar-refractivity contribution in [3.05, 3.63) is 435 Å². The van der Waals surface area contributed by atoms with E-state index in [-0.39, 0.29) is 23.7 Å². The maximum Gasteiger partial charge on any atom is 0.159 e. The van der Waals surface area contributed by atoms with Gasteiger partial charge in [0.15, 0.2) is 33.5 Å². The van der Waals surface area contributed by atoms with Crippen molar-refractivity contribution in [1.29, 1.82) is 0 Å². The summed E-state index contributed by atoms with van der Waals surface area (Å²) < 4.78 is 41.7. The van der Waals surface area contributed by atoms with Gasteiger partial charge in [-0.1, -0.05) is 359 Å². The van der Waals surface area contributed by atoms with Gasteiger partial charge in [-0.25, -0.2) is 0 Å². The van der Waals surface area contributed by atoms with Gasteiger partial charge < -0.3 is 46.1 Å². The monoisotopic (exact) mass is 1880 g/mol. The maximum atomic E-state index is 6.96. The summed E-state index contributed by atoms with van der Waals surface area (Å²) in [4.78, 5) is 9.79. The van der Waals surface area contributed by atoms with E-state index in [2.05, 4.69) is 463 Å². The standard InChI is InChI=1S/C70H48N2O4.C66H48N2O2/c1-39(2)53-37-59(71(55-25-13-21-47-41-17-5-9-29-61(41)73-67(47)55)56-26-14-22-48-42-18-6-10-30-62(42)74-68(48)56)51-36-34-46-54(40(3)4)38-60(52-35-33-45(53)65(51)66(46)52)72(57-27-15-23-49-43-19-7-11-31-63(43)75-69(49)57)58-28-16-24-50-44-20-8-12-32-64(44)76-70(50)58;1-39(2)53-37-59(67(55-27-13-19-41-17-5-7-21-43(41)55)57-29-15-25-49-45-23-9-11-31-61(45)69-65(49)57)51-36-34-48-54(40(3)4)38-60(52-35-33-47(53)63(51)64(48)52)68(56-28-14-20-42-18-6-8-22-44(42)56)58-30-16-26-50-46-24-10-12-32-62(46)70-66(50)58/h5-40H,1-4H3;5-40H,1-4H3. The topological polar surface area (TPSA) is 91.8 Å². The SMILES string of the molecule is CC(C)c1cc(N(c2cccc3c2oc2ccccc23)c2cccc3c2oc2ccccc23)c2ccc3c(C(C)C)cc(N(c4cccc5c4oc4ccccc45)c4cccc5c4oc4ccccc45)c4ccc1c2c34.CC(C)c1cc(N(c2cccc3ccccc23)c2cccc3c2oc2ccccc23)c2ccc3c(C(C)C)cc(N(c4cccc5ccccc45)c4cccc5c4oc4ccccc45)c4ccc1c2c34. The molecule has 10 nitrogen and oxygen atoms in total. The molecule has 0 fully saturated rings. The van der Waals surface area contributed by atoms with Crippen molar-refractivity contribution in [2.45, 2.75) is 79.1 Å². The summed E-state index contributed by atoms with van der Waals surface area (Å²) >= 11 is 0. The van der Waals surface area contributed by atoms with Crippen LogP contribution in [0.4, 0.5) is 68.2 Å². The fraction of sp³-hybridized carbons (Fsp3) is 0.0882. The Balaban J connectivity index is 0.000000139. The van der Waals surface area contributed by atoms with Gasteiger partial charge in [0.1, 0.15) is 33.5 Å². The molecule has 0 unspecified atom stereocenters. The molecule has 0 bridgehead atoms. The summed E-state index contributed by atoms with van der Waals surface area (Å²) in [6.07, 6.45) is 0. The molecule has 0 aliphatic rings. The average Bonchev–Trinajstić information content (AvgIpc) is 1.00. The molecule has 0 saturated carbocycles. The lowest BCUT2D eigenvalue weighted by Gasteiger charge is -2.32. The normalized spacial score (nSPS) is 12.4. The smallest absolute Gasteiger partial charge is 0.159 e. The van der Waals surface area contributed by atoms with E-state index in [4.69, 9.17) is 26.5 Å². The Hall–Kier alpha value is -18.1. The summed E-state index contributed by atoms with van der Waals surface area (Å²) in [6, 6.07) is 149. The highest BCUT2D eigenvalue weighted by molar-refractivity contribution is 6.34. The minimum atomic E-state index is 0.172. The van der Waals surface area contributed by atoms with Crippen molar-refractivity contribution < 1.29 is 26.5 Å². The van der Waals surface area contributed by atoms with Gasteiger partial charge >= 0.3 is 0 Å². The Morgan fingerprint density at radius 1 is 0.137 bits per heavy atom. The Labute approximate surface area is 840 Å². The Morgan fingerprint density at radius 3 is 0.521 bits per heavy atom. The van der Waals surface area contributed by atoms with Gasteiger partial charge in [-0.2, -0.15) is 0 Å². The zero-order chi connectivity index (χ0) is 97.3. The number of hydrogen-bond acceptors (Lipinski definition) is 10. The van der Waals surface area contributed by atoms with Crippen LogP contribution in [0.3, 0.4) is 0 Å². The highest BCUT2D eigenvalue weighted by Gasteiger charge is 2.35. The molecular weight excluding hydrogens is 1790 g/mol. The van der Waals surface area contributed by atoms with Crippen LogP contribution < -0.4 is 19.6 Å². The van der Waals surface area contributed by atoms with Crippen molar-refractivity contribution in [2.75, 3.05) is 19.6 Å². The van der Waals surface area contributed by atoms with Crippen LogP contribution in [0.2, 0.25) is 0 Å². The van der Waals surface area contributed by atoms with Gasteiger partial charge in [-0.15, -0.1) is 0 Å². The molecule has 0 amide bonds. The molecule has 0 N–H and O–H groups in total. The second-order valence-electron chi connectivity index (χ2n) is 40.6. The molecule has 10 heteroatoms. The molecule has 6 heterocycles. The predicted molar refractivity (Wildman–Crippen MR) is 614 cm³/mol. The Bertz CT molecular complexity index is 9810. The molecule has 0 aliphatic heterocycles. The summed E-state index contributed by atoms with van der Waals surface area (Å²) in [5.41, 5.74) is 27.5. The summed E-state index contributed by atoms with van der Waals surface area (Å²) in [5.74, 6) is 0.792. The summed E-state index contributed by atoms with van der Waals surface area (Å²) in [5, 5.41) is 32.2. The van der Waals surface area contributed by atoms with E-state index in [0.717, 1.165) is 211 Å². The molecule has 6 aromatic heterocycles. The molecule has 0 saturated heterocycles. The average molecular weight is 1880 g/mol. The first-order chi connectivity index (χ1) is 71.8. The van der Waals surface area contributed by atoms with Gasteiger partial charge in [0.2, 0.25) is 0 Å². The van der Waals surface area contributed by atoms with Crippen molar-refractivity contribution in [2.24, 2.45) is 0 Å². The molecule has 0 aliphatic carbocycles. The highest BCUT2D eigenvalue weighted by atomic mass is 16.4. The number of furan rings is 6. The van der Waals surface area contributed by atoms with Crippen molar-refractivity contribution >= 4 is 286 Å². The zero-order valence-electron chi connectivity index (χ0n) is 81.8. The highest BCUT2D eigenvalue weighted by Crippen LogP contribution is 2.60. The number of hydrogen-bond donors (Lipinski definition) is 0. The van der Waals surface area contributed by atoms with E-state index in [9.17, 15) is 0 Å². The van der Waals surface area contributed by atoms with Crippen molar-refractivity contribution in [3.8, 4) is 0 Å². The van der Waals surface area contributed by atoms with Crippen LogP contribution in [0.5, 0.6) is 0 Å². The third-order valence-corrected chi connectivity index (χ3v) is 31.1. The lowest BCUT2D eigenvalue weighted by Crippen LogP contribution is -2.13. The first kappa shape index (κ1) is 84.7. The van der Waals surface area contributed by atoms with Crippen LogP contribution in [-0.2, 0) is 0 Å². The van der Waals surface area contributed by atoms with E-state index < -0.39 is 0 Å². The quantitative estimate of drug-likeness (QED) is 0.0871. The first-order valence-corrected chi connectivity index (χ1v) is 50.9. The lowest BCUT2D eigenvalue weighted by molar-refractivity contribution is 0.665. The largest absolute Gasteiger partial charge is 0.454 e. The van der Waals surface area contributed by atoms with Crippen molar-refractivity contribution in [3.63, 3.8) is 0 Å². The van der Waals surface area contributed by atoms with Crippen LogP contribution >= 0.6 is 0 Å². The van der Waals surface area contributed by atoms with Crippen LogP contribution in [-0.4, -0.2) is 0 Å². The molecule has 146 heavy (non-hydrogen) atoms. The zero-order valence-corrected chi connectivity index (χ0v) is 81.8. The minimum Gasteiger partial charge on any atom is -0.454 e. The van der Waals surface area contributed by atoms with Crippen LogP contribution in [0, 0.1) is 0 Å². The van der Waals surface area contributed by atoms with Gasteiger partial charge in [-0.05, 0) is 209 Å². The molecule has 0 spiro atoms. The van der Waals surface area contributed by atoms with Crippen molar-refractivity contribution in [1.82, 2.24) is 0 Å². The second-order valence-corrected chi connectivity index (χ2v) is 40.6. The van der Waals surface area contributed by atoms with Gasteiger partial charge in [0, 0.05) is 97.0 Å². The molecule has 30 aromatic rings. The van der Waals surface area contributed by atoms with E-state index >= 15 is 0 Å². The Morgan fingerprint density at radius 2 is 0.301 bits per heavy atom. The molecule has 0 radical (unpaired) electrons. The number of nitrogens with zero attached hydrogens (tertiary/aromatic N) is 4. The van der Waals surface area contributed by atoms with E-state index in [1.807, 2.05) is 24.3 Å². The Kier molecular flexibility index (Phi) is 19.0. The lowest BCUT2D eigenvalue weighted by atomic mass is 9.84. The number of benzene rings is 24. The van der Waals surface area contributed by atoms with Crippen LogP contribution in [0.25, 0.3) is 218 Å². The predicted octanol–water partition coefficient (Wildman–Crippen LogP) is 41.2. The van der Waals surface area contributed by atoms with E-state index in [1.54, 1.807) is 0 Å². The number of fused-ring (bicyclic) bond motifs is 20. The third kappa shape index (κ3) is 12.7. The van der Waals surface area contributed by atoms with Crippen LogP contribution in [0.15, 0.2) is 439 Å². The number of anilines is 12. The fourth-order valence-corrected chi connectivity index (χ4v) is 24.5. The third-order valence-electron chi connectivity index (χ3n) is 31.1. The van der Waals surface area contributed by atoms with Gasteiger partial charge in [0.05, 0.1) is 68.2 Å². The number of rotatable bonds is 16. The summed E-state index contributed by atoms with van der Waals surface area (Å²) in [7, 11) is 0. The molecule has 0 atom stereocenters. The van der Waals surface area contributed by atoms with E-state index in [0.29, 0.717) is 0 Å². The molecule has 696 valence electrons. The maximum absolute atomic E-state index is 6.96. The fourth-order valence-electron chi connectivity index (χ4n) is 24.5. The second kappa shape index (κ2) is 32.7. The first-order valence-electron chi connectivity index (χ1n) is 50.9. The van der Waals surface area contributed by atoms with Crippen LogP contribution in [0.1, 0.15) is 101 Å². The summed E-state index contributed by atoms with van der Waals surface area (Å²) in [6.45, 7) is 18.6. The molecule has 24 aromatic carbocycles. The number of para-hydroxylation sites is 12. The van der Waals surface area contributed by atoms with E-state index in [1.165, 1.54) is 97.7 Å². The molecular formula is C136H96N4O6. The van der Waals surface area contributed by atoms with Gasteiger partial charge in [-0.3, -0.25) is 0 Å². The van der Waals surface area contributed by atoms with Gasteiger partial charge in [0.25, 0.3) is 0 Å².